The van der Waals surface area contributed by atoms with Gasteiger partial charge < -0.3 is 29.0 Å². The molecule has 0 saturated heterocycles. The lowest BCUT2D eigenvalue weighted by Crippen LogP contribution is -2.24. The van der Waals surface area contributed by atoms with Crippen molar-refractivity contribution in [3.63, 3.8) is 0 Å². The summed E-state index contributed by atoms with van der Waals surface area (Å²) in [4.78, 5) is 27.1. The van der Waals surface area contributed by atoms with E-state index >= 15 is 0 Å². The van der Waals surface area contributed by atoms with Crippen molar-refractivity contribution >= 4 is 23.7 Å². The average molecular weight is 468 g/mol. The summed E-state index contributed by atoms with van der Waals surface area (Å²) in [6.07, 6.45) is 6.05. The van der Waals surface area contributed by atoms with Gasteiger partial charge in [0.05, 0.1) is 39.6 Å². The molecule has 0 unspecified atom stereocenters. The maximum atomic E-state index is 13.2. The number of allylic oxidation sites excluding steroid dienone is 1. The lowest BCUT2D eigenvalue weighted by Gasteiger charge is -2.24. The highest BCUT2D eigenvalue weighted by molar-refractivity contribution is 6.14. The molecule has 0 amide bonds. The van der Waals surface area contributed by atoms with Crippen LogP contribution in [0.4, 0.5) is 0 Å². The Labute approximate surface area is 199 Å². The molecule has 2 aromatic carbocycles. The van der Waals surface area contributed by atoms with Crippen LogP contribution in [0, 0.1) is 0 Å². The van der Waals surface area contributed by atoms with Crippen LogP contribution in [0.2, 0.25) is 0 Å². The van der Waals surface area contributed by atoms with E-state index in [9.17, 15) is 14.7 Å². The number of benzene rings is 2. The van der Waals surface area contributed by atoms with Gasteiger partial charge in [-0.2, -0.15) is 0 Å². The normalized spacial score (nSPS) is 14.0. The number of ether oxygens (including phenoxy) is 4. The molecule has 3 rings (SSSR count). The molecule has 1 aliphatic rings. The highest BCUT2D eigenvalue weighted by atomic mass is 16.5. The van der Waals surface area contributed by atoms with E-state index in [-0.39, 0.29) is 16.9 Å². The van der Waals surface area contributed by atoms with Crippen LogP contribution in [0.1, 0.15) is 38.3 Å². The molecular formula is C26H29NO7. The molecule has 0 radical (unpaired) electrons. The van der Waals surface area contributed by atoms with Gasteiger partial charge in [0.1, 0.15) is 11.5 Å². The largest absolute Gasteiger partial charge is 0.506 e. The van der Waals surface area contributed by atoms with Gasteiger partial charge in [-0.3, -0.25) is 9.59 Å². The summed E-state index contributed by atoms with van der Waals surface area (Å²) in [5.74, 6) is 0.862. The Morgan fingerprint density at radius 3 is 2.15 bits per heavy atom. The molecule has 2 aromatic rings. The van der Waals surface area contributed by atoms with Gasteiger partial charge in [-0.15, -0.1) is 0 Å². The van der Waals surface area contributed by atoms with E-state index in [4.69, 9.17) is 18.9 Å². The number of hydrogen-bond donors (Lipinski definition) is 1. The lowest BCUT2D eigenvalue weighted by atomic mass is 9.91. The Hall–Kier alpha value is -3.78. The van der Waals surface area contributed by atoms with Gasteiger partial charge in [0.15, 0.2) is 23.6 Å². The Morgan fingerprint density at radius 1 is 1.00 bits per heavy atom. The van der Waals surface area contributed by atoms with Crippen LogP contribution in [-0.4, -0.2) is 70.7 Å². The van der Waals surface area contributed by atoms with Crippen molar-refractivity contribution in [2.24, 2.45) is 0 Å². The van der Waals surface area contributed by atoms with Crippen LogP contribution in [0.15, 0.2) is 30.4 Å². The number of likely N-dealkylation sites (N-methyl/N-ethyl adjacent to an activating group) is 1. The van der Waals surface area contributed by atoms with Crippen LogP contribution in [0.25, 0.3) is 11.6 Å². The molecule has 0 bridgehead atoms. The summed E-state index contributed by atoms with van der Waals surface area (Å²) >= 11 is 0. The minimum atomic E-state index is -0.522. The van der Waals surface area contributed by atoms with Crippen molar-refractivity contribution < 1.29 is 33.6 Å². The standard InChI is InChI=1S/C26H29NO7/c1-27-10-8-17(9-11-27)24-20(31-2)14-18(15-28)23(25(24)30)19(29)7-6-16-12-21(32-3)26(34-5)22(13-16)33-4/h6-8,12-15,30H,9-11H2,1-5H3/b7-6+. The number of aromatic hydroxyl groups is 1. The minimum absolute atomic E-state index is 0.0474. The van der Waals surface area contributed by atoms with Gasteiger partial charge in [0, 0.05) is 18.7 Å². The first-order valence-corrected chi connectivity index (χ1v) is 10.7. The molecule has 1 aliphatic heterocycles. The maximum absolute atomic E-state index is 13.2. The first-order chi connectivity index (χ1) is 16.4. The number of phenols is 1. The molecule has 0 fully saturated rings. The Morgan fingerprint density at radius 2 is 1.65 bits per heavy atom. The summed E-state index contributed by atoms with van der Waals surface area (Å²) in [6, 6.07) is 4.87. The highest BCUT2D eigenvalue weighted by Gasteiger charge is 2.25. The van der Waals surface area contributed by atoms with Crippen LogP contribution in [-0.2, 0) is 0 Å². The van der Waals surface area contributed by atoms with Crippen molar-refractivity contribution in [1.82, 2.24) is 4.90 Å². The van der Waals surface area contributed by atoms with Crippen molar-refractivity contribution in [3.8, 4) is 28.7 Å². The number of rotatable bonds is 9. The zero-order valence-corrected chi connectivity index (χ0v) is 20.0. The molecule has 0 aromatic heterocycles. The van der Waals surface area contributed by atoms with E-state index in [0.29, 0.717) is 53.4 Å². The molecule has 8 heteroatoms. The van der Waals surface area contributed by atoms with Crippen molar-refractivity contribution in [1.29, 1.82) is 0 Å². The highest BCUT2D eigenvalue weighted by Crippen LogP contribution is 2.42. The molecule has 8 nitrogen and oxygen atoms in total. The first-order valence-electron chi connectivity index (χ1n) is 10.7. The fourth-order valence-electron chi connectivity index (χ4n) is 3.94. The topological polar surface area (TPSA) is 94.5 Å². The molecule has 0 aliphatic carbocycles. The van der Waals surface area contributed by atoms with E-state index in [1.807, 2.05) is 13.1 Å². The first kappa shape index (κ1) is 24.9. The Kier molecular flexibility index (Phi) is 7.96. The summed E-state index contributed by atoms with van der Waals surface area (Å²) in [7, 11) is 7.98. The van der Waals surface area contributed by atoms with Crippen LogP contribution >= 0.6 is 0 Å². The molecule has 0 spiro atoms. The fraction of sp³-hybridized carbons (Fsp3) is 0.308. The summed E-state index contributed by atoms with van der Waals surface area (Å²) < 4.78 is 21.5. The number of carbonyl (C=O) groups is 2. The van der Waals surface area contributed by atoms with Gasteiger partial charge >= 0.3 is 0 Å². The number of methoxy groups -OCH3 is 4. The predicted octanol–water partition coefficient (Wildman–Crippen LogP) is 3.85. The van der Waals surface area contributed by atoms with Gasteiger partial charge in [0.25, 0.3) is 0 Å². The van der Waals surface area contributed by atoms with Gasteiger partial charge in [-0.25, -0.2) is 0 Å². The summed E-state index contributed by atoms with van der Waals surface area (Å²) in [6.45, 7) is 1.51. The average Bonchev–Trinajstić information content (AvgIpc) is 2.86. The SMILES string of the molecule is COc1cc(/C=C/C(=O)c2c(C=O)cc(OC)c(C3=CCN(C)CC3)c2O)cc(OC)c1OC. The Balaban J connectivity index is 2.06. The van der Waals surface area contributed by atoms with Crippen LogP contribution in [0.5, 0.6) is 28.7 Å². The molecule has 1 N–H and O–H groups in total. The summed E-state index contributed by atoms with van der Waals surface area (Å²) in [5.41, 5.74) is 1.89. The second-order valence-electron chi connectivity index (χ2n) is 7.78. The number of phenolic OH excluding ortho intramolecular Hbond substituents is 1. The molecule has 180 valence electrons. The van der Waals surface area contributed by atoms with Gasteiger partial charge in [-0.1, -0.05) is 12.2 Å². The third kappa shape index (κ3) is 4.92. The number of aldehydes is 1. The predicted molar refractivity (Wildman–Crippen MR) is 130 cm³/mol. The molecule has 0 atom stereocenters. The quantitative estimate of drug-likeness (QED) is 0.338. The Bertz CT molecular complexity index is 1130. The third-order valence-corrected chi connectivity index (χ3v) is 5.74. The molecule has 1 heterocycles. The summed E-state index contributed by atoms with van der Waals surface area (Å²) in [5, 5.41) is 11.1. The van der Waals surface area contributed by atoms with Gasteiger partial charge in [0.2, 0.25) is 5.75 Å². The fourth-order valence-corrected chi connectivity index (χ4v) is 3.94. The zero-order valence-electron chi connectivity index (χ0n) is 20.0. The minimum Gasteiger partial charge on any atom is -0.506 e. The third-order valence-electron chi connectivity index (χ3n) is 5.74. The van der Waals surface area contributed by atoms with E-state index in [0.717, 1.165) is 12.1 Å². The van der Waals surface area contributed by atoms with Crippen molar-refractivity contribution in [2.75, 3.05) is 48.6 Å². The van der Waals surface area contributed by atoms with Gasteiger partial charge in [-0.05, 0) is 48.9 Å². The second-order valence-corrected chi connectivity index (χ2v) is 7.78. The number of carbonyl (C=O) groups excluding carboxylic acids is 2. The molecule has 0 saturated carbocycles. The monoisotopic (exact) mass is 467 g/mol. The lowest BCUT2D eigenvalue weighted by molar-refractivity contribution is 0.103. The van der Waals surface area contributed by atoms with Crippen molar-refractivity contribution in [3.05, 3.63) is 52.6 Å². The van der Waals surface area contributed by atoms with Crippen molar-refractivity contribution in [2.45, 2.75) is 6.42 Å². The molecule has 34 heavy (non-hydrogen) atoms. The number of nitrogens with zero attached hydrogens (tertiary/aromatic N) is 1. The van der Waals surface area contributed by atoms with E-state index < -0.39 is 5.78 Å². The van der Waals surface area contributed by atoms with Crippen LogP contribution in [0.3, 0.4) is 0 Å². The zero-order chi connectivity index (χ0) is 24.8. The smallest absolute Gasteiger partial charge is 0.203 e. The van der Waals surface area contributed by atoms with E-state index in [2.05, 4.69) is 4.90 Å². The number of hydrogen-bond acceptors (Lipinski definition) is 8. The maximum Gasteiger partial charge on any atom is 0.203 e. The molecular weight excluding hydrogens is 438 g/mol. The number of ketones is 1. The second kappa shape index (κ2) is 10.9. The van der Waals surface area contributed by atoms with Crippen LogP contribution < -0.4 is 18.9 Å². The van der Waals surface area contributed by atoms with E-state index in [1.165, 1.54) is 40.6 Å². The van der Waals surface area contributed by atoms with E-state index in [1.54, 1.807) is 18.2 Å².